The van der Waals surface area contributed by atoms with E-state index < -0.39 is 5.76 Å². The van der Waals surface area contributed by atoms with E-state index in [1.807, 2.05) is 12.1 Å². The molecule has 0 aliphatic heterocycles. The highest BCUT2D eigenvalue weighted by molar-refractivity contribution is 5.83. The Morgan fingerprint density at radius 3 is 2.66 bits per heavy atom. The topological polar surface area (TPSA) is 101 Å². The maximum absolute atomic E-state index is 12.7. The van der Waals surface area contributed by atoms with Crippen LogP contribution >= 0.6 is 0 Å². The fraction of sp³-hybridized carbons (Fsp3) is 0.261. The number of imidazole rings is 1. The van der Waals surface area contributed by atoms with E-state index in [2.05, 4.69) is 45.4 Å². The van der Waals surface area contributed by atoms with Gasteiger partial charge in [0.2, 0.25) is 5.89 Å². The lowest BCUT2D eigenvalue weighted by atomic mass is 9.75. The Morgan fingerprint density at radius 1 is 1.03 bits per heavy atom. The number of hydrogen-bond acceptors (Lipinski definition) is 6. The van der Waals surface area contributed by atoms with Crippen LogP contribution in [0.15, 0.2) is 69.1 Å². The average molecular weight is 428 g/mol. The summed E-state index contributed by atoms with van der Waals surface area (Å²) < 4.78 is 9.75. The van der Waals surface area contributed by atoms with Crippen LogP contribution in [0, 0.1) is 0 Å². The van der Waals surface area contributed by atoms with Crippen molar-refractivity contribution in [2.24, 2.45) is 7.05 Å². The van der Waals surface area contributed by atoms with Crippen LogP contribution in [0.25, 0.3) is 21.9 Å². The van der Waals surface area contributed by atoms with Crippen LogP contribution in [0.1, 0.15) is 36.3 Å². The Morgan fingerprint density at radius 2 is 1.81 bits per heavy atom. The van der Waals surface area contributed by atoms with Crippen molar-refractivity contribution in [3.05, 3.63) is 87.5 Å². The second-order valence-corrected chi connectivity index (χ2v) is 8.34. The van der Waals surface area contributed by atoms with Crippen molar-refractivity contribution < 1.29 is 4.42 Å². The molecule has 1 fully saturated rings. The van der Waals surface area contributed by atoms with Crippen molar-refractivity contribution >= 4 is 21.9 Å². The Bertz CT molecular complexity index is 1580. The lowest BCUT2D eigenvalue weighted by Gasteiger charge is -2.34. The van der Waals surface area contributed by atoms with Gasteiger partial charge in [0.25, 0.3) is 5.56 Å². The van der Waals surface area contributed by atoms with E-state index in [1.165, 1.54) is 31.9 Å². The number of rotatable bonds is 4. The van der Waals surface area contributed by atoms with E-state index >= 15 is 0 Å². The van der Waals surface area contributed by atoms with Gasteiger partial charge < -0.3 is 8.98 Å². The smallest absolute Gasteiger partial charge is 0.390 e. The van der Waals surface area contributed by atoms with Crippen molar-refractivity contribution in [2.75, 3.05) is 0 Å². The van der Waals surface area contributed by atoms with Gasteiger partial charge >= 0.3 is 5.76 Å². The number of aryl methyl sites for hydroxylation is 1. The molecule has 1 saturated carbocycles. The predicted octanol–water partition coefficient (Wildman–Crippen LogP) is 2.60. The molecule has 2 aromatic carbocycles. The zero-order valence-corrected chi connectivity index (χ0v) is 17.4. The maximum Gasteiger partial charge on any atom is 0.437 e. The van der Waals surface area contributed by atoms with Crippen LogP contribution < -0.4 is 11.3 Å². The van der Waals surface area contributed by atoms with Crippen molar-refractivity contribution in [1.82, 2.24) is 28.9 Å². The van der Waals surface area contributed by atoms with Gasteiger partial charge in [-0.2, -0.15) is 4.68 Å². The molecule has 32 heavy (non-hydrogen) atoms. The third kappa shape index (κ3) is 2.96. The summed E-state index contributed by atoms with van der Waals surface area (Å²) >= 11 is 0. The van der Waals surface area contributed by atoms with Gasteiger partial charge in [-0.25, -0.2) is 14.8 Å². The van der Waals surface area contributed by atoms with Crippen LogP contribution in [0.2, 0.25) is 0 Å². The molecule has 0 amide bonds. The van der Waals surface area contributed by atoms with E-state index in [0.29, 0.717) is 17.1 Å². The van der Waals surface area contributed by atoms with E-state index in [1.54, 1.807) is 17.9 Å². The van der Waals surface area contributed by atoms with Gasteiger partial charge in [0, 0.05) is 7.05 Å². The second kappa shape index (κ2) is 7.01. The molecule has 0 radical (unpaired) electrons. The van der Waals surface area contributed by atoms with E-state index in [9.17, 15) is 9.59 Å². The molecule has 0 bridgehead atoms. The number of benzene rings is 2. The first-order valence-corrected chi connectivity index (χ1v) is 10.5. The summed E-state index contributed by atoms with van der Waals surface area (Å²) in [6, 6.07) is 14.8. The highest BCUT2D eigenvalue weighted by Gasteiger charge is 2.34. The molecule has 0 unspecified atom stereocenters. The Labute approximate surface area is 181 Å². The minimum absolute atomic E-state index is 0.00845. The highest BCUT2D eigenvalue weighted by atomic mass is 16.4. The lowest BCUT2D eigenvalue weighted by molar-refractivity contribution is 0.233. The van der Waals surface area contributed by atoms with Gasteiger partial charge in [-0.1, -0.05) is 42.5 Å². The monoisotopic (exact) mass is 428 g/mol. The number of aromatic nitrogens is 6. The Kier molecular flexibility index (Phi) is 4.11. The Balaban J connectivity index is 1.21. The van der Waals surface area contributed by atoms with Gasteiger partial charge in [-0.3, -0.25) is 9.36 Å². The summed E-state index contributed by atoms with van der Waals surface area (Å²) in [5, 5.41) is 6.81. The maximum atomic E-state index is 12.7. The molecule has 160 valence electrons. The van der Waals surface area contributed by atoms with Crippen LogP contribution in [0.3, 0.4) is 0 Å². The molecule has 1 aliphatic carbocycles. The van der Waals surface area contributed by atoms with Crippen LogP contribution in [0.4, 0.5) is 0 Å². The summed E-state index contributed by atoms with van der Waals surface area (Å²) in [6.45, 7) is 0.0377. The van der Waals surface area contributed by atoms with E-state index in [4.69, 9.17) is 4.42 Å². The summed E-state index contributed by atoms with van der Waals surface area (Å²) in [4.78, 5) is 33.4. The molecule has 6 rings (SSSR count). The third-order valence-corrected chi connectivity index (χ3v) is 6.32. The van der Waals surface area contributed by atoms with Gasteiger partial charge in [0.15, 0.2) is 11.2 Å². The SMILES string of the molecule is Cn1cnc2ncn(Cc3nn([C@H]4C[C@H](c5ccc6ccccc6c5)C4)c(=O)o3)c(=O)c21. The zero-order valence-electron chi connectivity index (χ0n) is 17.4. The quantitative estimate of drug-likeness (QED) is 0.436. The third-order valence-electron chi connectivity index (χ3n) is 6.32. The normalized spacial score (nSPS) is 18.3. The lowest BCUT2D eigenvalue weighted by Crippen LogP contribution is -2.31. The van der Waals surface area contributed by atoms with E-state index in [0.717, 1.165) is 12.8 Å². The number of nitrogens with zero attached hydrogens (tertiary/aromatic N) is 6. The molecule has 5 aromatic rings. The largest absolute Gasteiger partial charge is 0.437 e. The molecule has 0 saturated heterocycles. The standard InChI is InChI=1S/C23H20N6O3/c1-27-12-24-21-20(27)22(30)28(13-25-21)11-19-26-29(23(31)32-19)18-9-17(10-18)16-7-6-14-4-2-3-5-15(14)8-16/h2-8,12-13,17-18H,9-11H2,1H3/t17-,18-. The fourth-order valence-electron chi connectivity index (χ4n) is 4.48. The first kappa shape index (κ1) is 18.7. The molecule has 3 aromatic heterocycles. The zero-order chi connectivity index (χ0) is 21.8. The summed E-state index contributed by atoms with van der Waals surface area (Å²) in [6.07, 6.45) is 4.59. The molecule has 1 aliphatic rings. The van der Waals surface area contributed by atoms with Gasteiger partial charge in [-0.05, 0) is 35.1 Å². The van der Waals surface area contributed by atoms with Gasteiger partial charge in [0.05, 0.1) is 12.4 Å². The molecular weight excluding hydrogens is 408 g/mol. The van der Waals surface area contributed by atoms with Crippen LogP contribution in [-0.4, -0.2) is 28.9 Å². The molecular formula is C23H20N6O3. The first-order valence-electron chi connectivity index (χ1n) is 10.5. The van der Waals surface area contributed by atoms with Crippen molar-refractivity contribution in [3.8, 4) is 0 Å². The minimum atomic E-state index is -0.496. The highest BCUT2D eigenvalue weighted by Crippen LogP contribution is 2.44. The first-order chi connectivity index (χ1) is 15.6. The summed E-state index contributed by atoms with van der Waals surface area (Å²) in [5.41, 5.74) is 1.80. The van der Waals surface area contributed by atoms with Crippen molar-refractivity contribution in [1.29, 1.82) is 0 Å². The van der Waals surface area contributed by atoms with Crippen molar-refractivity contribution in [2.45, 2.75) is 31.3 Å². The molecule has 0 spiro atoms. The Hall–Kier alpha value is -4.01. The van der Waals surface area contributed by atoms with Crippen LogP contribution in [0.5, 0.6) is 0 Å². The van der Waals surface area contributed by atoms with Gasteiger partial charge in [-0.15, -0.1) is 5.10 Å². The minimum Gasteiger partial charge on any atom is -0.390 e. The molecule has 9 heteroatoms. The summed E-state index contributed by atoms with van der Waals surface area (Å²) in [5.74, 6) is 0.0786. The molecule has 9 nitrogen and oxygen atoms in total. The van der Waals surface area contributed by atoms with Crippen LogP contribution in [-0.2, 0) is 13.6 Å². The number of fused-ring (bicyclic) bond motifs is 2. The fourth-order valence-corrected chi connectivity index (χ4v) is 4.48. The van der Waals surface area contributed by atoms with Crippen molar-refractivity contribution in [3.63, 3.8) is 0 Å². The summed E-state index contributed by atoms with van der Waals surface area (Å²) in [7, 11) is 1.74. The molecule has 0 N–H and O–H groups in total. The molecule has 0 atom stereocenters. The number of hydrogen-bond donors (Lipinski definition) is 0. The predicted molar refractivity (Wildman–Crippen MR) is 118 cm³/mol. The van der Waals surface area contributed by atoms with Gasteiger partial charge in [0.1, 0.15) is 12.9 Å². The molecule has 3 heterocycles. The average Bonchev–Trinajstić information content (AvgIpc) is 3.32. The van der Waals surface area contributed by atoms with E-state index in [-0.39, 0.29) is 24.0 Å². The second-order valence-electron chi connectivity index (χ2n) is 8.34.